The van der Waals surface area contributed by atoms with Crippen LogP contribution < -0.4 is 10.3 Å². The second-order valence-corrected chi connectivity index (χ2v) is 6.62. The van der Waals surface area contributed by atoms with Gasteiger partial charge >= 0.3 is 0 Å². The zero-order valence-corrected chi connectivity index (χ0v) is 14.8. The summed E-state index contributed by atoms with van der Waals surface area (Å²) in [6.07, 6.45) is 1.59. The molecule has 0 radical (unpaired) electrons. The number of aromatic nitrogens is 2. The molecule has 1 heterocycles. The van der Waals surface area contributed by atoms with E-state index in [4.69, 9.17) is 27.9 Å². The maximum Gasteiger partial charge on any atom is 0.261 e. The highest BCUT2D eigenvalue weighted by Crippen LogP contribution is 2.24. The molecule has 0 aliphatic rings. The Morgan fingerprint density at radius 1 is 1.21 bits per heavy atom. The summed E-state index contributed by atoms with van der Waals surface area (Å²) in [4.78, 5) is 17.0. The number of ether oxygens (including phenoxy) is 1. The molecule has 1 aromatic heterocycles. The van der Waals surface area contributed by atoms with Gasteiger partial charge in [0.1, 0.15) is 5.75 Å². The van der Waals surface area contributed by atoms with E-state index in [0.29, 0.717) is 27.5 Å². The van der Waals surface area contributed by atoms with Crippen molar-refractivity contribution in [3.05, 3.63) is 68.7 Å². The van der Waals surface area contributed by atoms with Crippen LogP contribution in [0.5, 0.6) is 5.75 Å². The van der Waals surface area contributed by atoms with Crippen LogP contribution in [0.4, 0.5) is 0 Å². The maximum absolute atomic E-state index is 12.7. The molecule has 3 aromatic rings. The molecule has 0 amide bonds. The number of hydrogen-bond donors (Lipinski definition) is 0. The van der Waals surface area contributed by atoms with Gasteiger partial charge in [-0.25, -0.2) is 4.98 Å². The predicted molar refractivity (Wildman–Crippen MR) is 97.3 cm³/mol. The molecule has 0 fully saturated rings. The summed E-state index contributed by atoms with van der Waals surface area (Å²) in [5, 5.41) is 1.19. The zero-order valence-electron chi connectivity index (χ0n) is 13.3. The number of hydrogen-bond acceptors (Lipinski definition) is 3. The molecule has 0 saturated carbocycles. The van der Waals surface area contributed by atoms with Gasteiger partial charge in [-0.15, -0.1) is 0 Å². The summed E-state index contributed by atoms with van der Waals surface area (Å²) in [6.45, 7) is 4.33. The van der Waals surface area contributed by atoms with Crippen LogP contribution in [-0.2, 0) is 6.54 Å². The molecular formula is C18H16Cl2N2O2. The SMILES string of the molecule is CC(C)Oc1cccc(Cn2cnc3c(Cl)cc(Cl)cc3c2=O)c1. The van der Waals surface area contributed by atoms with Crippen molar-refractivity contribution in [2.75, 3.05) is 0 Å². The number of nitrogens with zero attached hydrogens (tertiary/aromatic N) is 2. The van der Waals surface area contributed by atoms with E-state index < -0.39 is 0 Å². The third-order valence-electron chi connectivity index (χ3n) is 3.47. The first-order valence-corrected chi connectivity index (χ1v) is 8.29. The van der Waals surface area contributed by atoms with Crippen LogP contribution in [0.25, 0.3) is 10.9 Å². The lowest BCUT2D eigenvalue weighted by Crippen LogP contribution is -2.21. The van der Waals surface area contributed by atoms with E-state index in [-0.39, 0.29) is 11.7 Å². The first-order chi connectivity index (χ1) is 11.4. The van der Waals surface area contributed by atoms with Gasteiger partial charge in [0.25, 0.3) is 5.56 Å². The molecule has 0 N–H and O–H groups in total. The van der Waals surface area contributed by atoms with E-state index in [9.17, 15) is 4.79 Å². The Balaban J connectivity index is 1.99. The Kier molecular flexibility index (Phi) is 4.78. The number of benzene rings is 2. The first kappa shape index (κ1) is 16.8. The number of fused-ring (bicyclic) bond motifs is 1. The van der Waals surface area contributed by atoms with Crippen molar-refractivity contribution >= 4 is 34.1 Å². The van der Waals surface area contributed by atoms with Gasteiger partial charge in [-0.1, -0.05) is 35.3 Å². The standard InChI is InChI=1S/C18H16Cl2N2O2/c1-11(2)24-14-5-3-4-12(6-14)9-22-10-21-17-15(18(22)23)7-13(19)8-16(17)20/h3-8,10-11H,9H2,1-2H3. The van der Waals surface area contributed by atoms with Crippen molar-refractivity contribution < 1.29 is 4.74 Å². The van der Waals surface area contributed by atoms with Gasteiger partial charge in [0.05, 0.1) is 34.9 Å². The van der Waals surface area contributed by atoms with Crippen LogP contribution in [0.3, 0.4) is 0 Å². The van der Waals surface area contributed by atoms with Gasteiger partial charge in [0.2, 0.25) is 0 Å². The minimum Gasteiger partial charge on any atom is -0.491 e. The highest BCUT2D eigenvalue weighted by Gasteiger charge is 2.10. The molecule has 4 nitrogen and oxygen atoms in total. The third kappa shape index (κ3) is 3.55. The van der Waals surface area contributed by atoms with Gasteiger partial charge in [-0.2, -0.15) is 0 Å². The summed E-state index contributed by atoms with van der Waals surface area (Å²) in [5.74, 6) is 0.774. The van der Waals surface area contributed by atoms with Gasteiger partial charge in [-0.3, -0.25) is 9.36 Å². The molecule has 0 spiro atoms. The number of rotatable bonds is 4. The second-order valence-electron chi connectivity index (χ2n) is 5.78. The largest absolute Gasteiger partial charge is 0.491 e. The fourth-order valence-electron chi connectivity index (χ4n) is 2.49. The van der Waals surface area contributed by atoms with Crippen molar-refractivity contribution in [3.8, 4) is 5.75 Å². The van der Waals surface area contributed by atoms with E-state index in [1.54, 1.807) is 12.1 Å². The smallest absolute Gasteiger partial charge is 0.261 e. The monoisotopic (exact) mass is 362 g/mol. The summed E-state index contributed by atoms with van der Waals surface area (Å²) in [7, 11) is 0. The van der Waals surface area contributed by atoms with Gasteiger partial charge in [0, 0.05) is 5.02 Å². The lowest BCUT2D eigenvalue weighted by atomic mass is 10.2. The average molecular weight is 363 g/mol. The first-order valence-electron chi connectivity index (χ1n) is 7.54. The van der Waals surface area contributed by atoms with Crippen LogP contribution in [0.2, 0.25) is 10.0 Å². The summed E-state index contributed by atoms with van der Waals surface area (Å²) in [6, 6.07) is 10.8. The van der Waals surface area contributed by atoms with E-state index in [0.717, 1.165) is 11.3 Å². The fraction of sp³-hybridized carbons (Fsp3) is 0.222. The molecule has 0 unspecified atom stereocenters. The summed E-state index contributed by atoms with van der Waals surface area (Å²) < 4.78 is 7.22. The lowest BCUT2D eigenvalue weighted by molar-refractivity contribution is 0.242. The second kappa shape index (κ2) is 6.83. The Hall–Kier alpha value is -2.04. The van der Waals surface area contributed by atoms with Crippen molar-refractivity contribution in [3.63, 3.8) is 0 Å². The predicted octanol–water partition coefficient (Wildman–Crippen LogP) is 4.54. The van der Waals surface area contributed by atoms with E-state index in [1.807, 2.05) is 38.1 Å². The molecule has 24 heavy (non-hydrogen) atoms. The Labute approximate surface area is 149 Å². The topological polar surface area (TPSA) is 44.1 Å². The molecule has 0 bridgehead atoms. The van der Waals surface area contributed by atoms with E-state index >= 15 is 0 Å². The van der Waals surface area contributed by atoms with Crippen molar-refractivity contribution in [2.24, 2.45) is 0 Å². The maximum atomic E-state index is 12.7. The van der Waals surface area contributed by atoms with Crippen molar-refractivity contribution in [2.45, 2.75) is 26.5 Å². The quantitative estimate of drug-likeness (QED) is 0.684. The molecule has 2 aromatic carbocycles. The van der Waals surface area contributed by atoms with Gasteiger partial charge in [0.15, 0.2) is 0 Å². The number of halogens is 2. The Bertz CT molecular complexity index is 951. The molecule has 6 heteroatoms. The zero-order chi connectivity index (χ0) is 17.3. The van der Waals surface area contributed by atoms with Crippen molar-refractivity contribution in [1.29, 1.82) is 0 Å². The van der Waals surface area contributed by atoms with Crippen LogP contribution in [0.15, 0.2) is 47.5 Å². The molecule has 3 rings (SSSR count). The fourth-order valence-corrected chi connectivity index (χ4v) is 3.04. The normalized spacial score (nSPS) is 11.2. The average Bonchev–Trinajstić information content (AvgIpc) is 2.50. The molecule has 0 saturated heterocycles. The van der Waals surface area contributed by atoms with Crippen molar-refractivity contribution in [1.82, 2.24) is 9.55 Å². The van der Waals surface area contributed by atoms with Crippen LogP contribution in [0.1, 0.15) is 19.4 Å². The summed E-state index contributed by atoms with van der Waals surface area (Å²) in [5.41, 5.74) is 1.23. The molecular weight excluding hydrogens is 347 g/mol. The lowest BCUT2D eigenvalue weighted by Gasteiger charge is -2.12. The van der Waals surface area contributed by atoms with Crippen LogP contribution in [-0.4, -0.2) is 15.7 Å². The minimum absolute atomic E-state index is 0.0922. The highest BCUT2D eigenvalue weighted by atomic mass is 35.5. The minimum atomic E-state index is -0.181. The molecule has 0 atom stereocenters. The third-order valence-corrected chi connectivity index (χ3v) is 3.98. The van der Waals surface area contributed by atoms with E-state index in [1.165, 1.54) is 10.9 Å². The van der Waals surface area contributed by atoms with Gasteiger partial charge in [-0.05, 0) is 43.7 Å². The molecule has 124 valence electrons. The van der Waals surface area contributed by atoms with Crippen LogP contribution >= 0.6 is 23.2 Å². The Morgan fingerprint density at radius 2 is 2.00 bits per heavy atom. The van der Waals surface area contributed by atoms with Gasteiger partial charge < -0.3 is 4.74 Å². The van der Waals surface area contributed by atoms with Crippen LogP contribution in [0, 0.1) is 0 Å². The molecule has 0 aliphatic heterocycles. The highest BCUT2D eigenvalue weighted by molar-refractivity contribution is 6.38. The summed E-state index contributed by atoms with van der Waals surface area (Å²) >= 11 is 12.1. The molecule has 0 aliphatic carbocycles. The van der Waals surface area contributed by atoms with E-state index in [2.05, 4.69) is 4.98 Å². The Morgan fingerprint density at radius 3 is 2.75 bits per heavy atom.